The first-order valence-corrected chi connectivity index (χ1v) is 4.89. The Labute approximate surface area is 98.4 Å². The van der Waals surface area contributed by atoms with Gasteiger partial charge in [-0.25, -0.2) is 4.79 Å². The van der Waals surface area contributed by atoms with Gasteiger partial charge in [-0.3, -0.25) is 4.79 Å². The predicted molar refractivity (Wildman–Crippen MR) is 63.1 cm³/mol. The highest BCUT2D eigenvalue weighted by atomic mass is 16.5. The molecular formula is C11H14N2O4. The molecule has 0 fully saturated rings. The number of nitrogens with two attached hydrogens (primary N) is 1. The van der Waals surface area contributed by atoms with E-state index in [-0.39, 0.29) is 12.1 Å². The number of ether oxygens (including phenoxy) is 1. The van der Waals surface area contributed by atoms with Crippen molar-refractivity contribution in [1.82, 2.24) is 0 Å². The Morgan fingerprint density at radius 1 is 1.47 bits per heavy atom. The lowest BCUT2D eigenvalue weighted by atomic mass is 10.1. The lowest BCUT2D eigenvalue weighted by Crippen LogP contribution is -2.14. The number of methoxy groups -OCH3 is 1. The summed E-state index contributed by atoms with van der Waals surface area (Å²) in [7, 11) is 1.26. The van der Waals surface area contributed by atoms with Gasteiger partial charge in [0.2, 0.25) is 0 Å². The number of benzene rings is 1. The Kier molecular flexibility index (Phi) is 3.92. The molecule has 6 heteroatoms. The second kappa shape index (κ2) is 5.20. The normalized spacial score (nSPS) is 9.76. The van der Waals surface area contributed by atoms with E-state index in [0.29, 0.717) is 16.9 Å². The monoisotopic (exact) mass is 238 g/mol. The molecular weight excluding hydrogens is 224 g/mol. The zero-order valence-corrected chi connectivity index (χ0v) is 9.61. The average Bonchev–Trinajstić information content (AvgIpc) is 2.29. The maximum Gasteiger partial charge on any atom is 0.340 e. The fourth-order valence-corrected chi connectivity index (χ4v) is 1.36. The molecule has 0 saturated heterocycles. The summed E-state index contributed by atoms with van der Waals surface area (Å²) in [5.74, 6) is -1.54. The Hall–Kier alpha value is -2.24. The summed E-state index contributed by atoms with van der Waals surface area (Å²) in [5, 5.41) is 11.2. The largest absolute Gasteiger partial charge is 0.480 e. The Balaban J connectivity index is 3.05. The first kappa shape index (κ1) is 12.8. The second-order valence-corrected chi connectivity index (χ2v) is 3.49. The van der Waals surface area contributed by atoms with E-state index in [1.54, 1.807) is 13.0 Å². The van der Waals surface area contributed by atoms with Gasteiger partial charge in [0.1, 0.15) is 6.54 Å². The molecule has 0 bridgehead atoms. The molecule has 0 amide bonds. The molecule has 1 rings (SSSR count). The minimum Gasteiger partial charge on any atom is -0.480 e. The van der Waals surface area contributed by atoms with Crippen LogP contribution in [0.3, 0.4) is 0 Å². The summed E-state index contributed by atoms with van der Waals surface area (Å²) >= 11 is 0. The number of hydrogen-bond acceptors (Lipinski definition) is 5. The van der Waals surface area contributed by atoms with Crippen molar-refractivity contribution in [2.45, 2.75) is 6.92 Å². The van der Waals surface area contributed by atoms with E-state index in [1.165, 1.54) is 13.2 Å². The summed E-state index contributed by atoms with van der Waals surface area (Å²) in [6, 6.07) is 3.14. The Bertz CT molecular complexity index is 457. The quantitative estimate of drug-likeness (QED) is 0.531. The number of nitrogen functional groups attached to an aromatic ring is 1. The van der Waals surface area contributed by atoms with Crippen LogP contribution < -0.4 is 11.1 Å². The maximum absolute atomic E-state index is 11.4. The molecule has 0 aliphatic carbocycles. The molecule has 6 nitrogen and oxygen atoms in total. The van der Waals surface area contributed by atoms with Gasteiger partial charge in [0.15, 0.2) is 0 Å². The minimum atomic E-state index is -0.987. The lowest BCUT2D eigenvalue weighted by molar-refractivity contribution is -0.134. The molecule has 0 atom stereocenters. The van der Waals surface area contributed by atoms with Gasteiger partial charge < -0.3 is 20.9 Å². The molecule has 1 aromatic rings. The maximum atomic E-state index is 11.4. The van der Waals surface area contributed by atoms with Crippen LogP contribution in [0.2, 0.25) is 0 Å². The van der Waals surface area contributed by atoms with Crippen molar-refractivity contribution >= 4 is 23.3 Å². The van der Waals surface area contributed by atoms with Crippen LogP contribution >= 0.6 is 0 Å². The van der Waals surface area contributed by atoms with Crippen LogP contribution in [0.25, 0.3) is 0 Å². The predicted octanol–water partition coefficient (Wildman–Crippen LogP) is 0.860. The van der Waals surface area contributed by atoms with Gasteiger partial charge in [0, 0.05) is 11.4 Å². The number of rotatable bonds is 4. The zero-order chi connectivity index (χ0) is 13.0. The van der Waals surface area contributed by atoms with E-state index < -0.39 is 11.9 Å². The van der Waals surface area contributed by atoms with Crippen LogP contribution in [0, 0.1) is 6.92 Å². The van der Waals surface area contributed by atoms with E-state index in [2.05, 4.69) is 10.1 Å². The average molecular weight is 238 g/mol. The van der Waals surface area contributed by atoms with Crippen LogP contribution in [-0.2, 0) is 9.53 Å². The number of aliphatic carboxylic acids is 1. The van der Waals surface area contributed by atoms with Crippen molar-refractivity contribution in [3.63, 3.8) is 0 Å². The van der Waals surface area contributed by atoms with Crippen molar-refractivity contribution in [2.24, 2.45) is 0 Å². The van der Waals surface area contributed by atoms with Gasteiger partial charge in [0.05, 0.1) is 12.7 Å². The first-order valence-electron chi connectivity index (χ1n) is 4.89. The molecule has 1 aromatic carbocycles. The summed E-state index contributed by atoms with van der Waals surface area (Å²) in [6.45, 7) is 1.50. The molecule has 17 heavy (non-hydrogen) atoms. The Morgan fingerprint density at radius 3 is 2.65 bits per heavy atom. The number of aryl methyl sites for hydroxylation is 1. The number of esters is 1. The highest BCUT2D eigenvalue weighted by Gasteiger charge is 2.13. The molecule has 92 valence electrons. The van der Waals surface area contributed by atoms with Gasteiger partial charge in [0.25, 0.3) is 0 Å². The fraction of sp³-hybridized carbons (Fsp3) is 0.273. The molecule has 0 aliphatic heterocycles. The van der Waals surface area contributed by atoms with E-state index in [9.17, 15) is 9.59 Å². The third-order valence-electron chi connectivity index (χ3n) is 2.24. The standard InChI is InChI=1S/C11H14N2O4/c1-6-3-7(13-5-9(14)15)4-8(10(6)12)11(16)17-2/h3-4,13H,5,12H2,1-2H3,(H,14,15). The fourth-order valence-electron chi connectivity index (χ4n) is 1.36. The Morgan fingerprint density at radius 2 is 2.12 bits per heavy atom. The highest BCUT2D eigenvalue weighted by molar-refractivity contribution is 5.97. The van der Waals surface area contributed by atoms with Gasteiger partial charge in [-0.15, -0.1) is 0 Å². The molecule has 4 N–H and O–H groups in total. The summed E-state index contributed by atoms with van der Waals surface area (Å²) in [5.41, 5.74) is 7.49. The molecule has 0 unspecified atom stereocenters. The van der Waals surface area contributed by atoms with Crippen LogP contribution in [0.1, 0.15) is 15.9 Å². The number of anilines is 2. The number of hydrogen-bond donors (Lipinski definition) is 3. The van der Waals surface area contributed by atoms with Crippen LogP contribution in [-0.4, -0.2) is 30.7 Å². The highest BCUT2D eigenvalue weighted by Crippen LogP contribution is 2.23. The molecule has 0 saturated carbocycles. The van der Waals surface area contributed by atoms with Gasteiger partial charge in [-0.2, -0.15) is 0 Å². The smallest absolute Gasteiger partial charge is 0.340 e. The topological polar surface area (TPSA) is 102 Å². The second-order valence-electron chi connectivity index (χ2n) is 3.49. The molecule has 0 aromatic heterocycles. The summed E-state index contributed by atoms with van der Waals surface area (Å²) in [4.78, 5) is 21.9. The third kappa shape index (κ3) is 3.10. The van der Waals surface area contributed by atoms with Crippen molar-refractivity contribution in [3.8, 4) is 0 Å². The number of carboxylic acids is 1. The number of carbonyl (C=O) groups excluding carboxylic acids is 1. The van der Waals surface area contributed by atoms with Crippen molar-refractivity contribution < 1.29 is 19.4 Å². The molecule has 0 radical (unpaired) electrons. The van der Waals surface area contributed by atoms with Crippen LogP contribution in [0.4, 0.5) is 11.4 Å². The number of carboxylic acid groups (broad SMARTS) is 1. The lowest BCUT2D eigenvalue weighted by Gasteiger charge is -2.11. The van der Waals surface area contributed by atoms with Crippen LogP contribution in [0.15, 0.2) is 12.1 Å². The van der Waals surface area contributed by atoms with Gasteiger partial charge >= 0.3 is 11.9 Å². The van der Waals surface area contributed by atoms with Crippen LogP contribution in [0.5, 0.6) is 0 Å². The van der Waals surface area contributed by atoms with Crippen molar-refractivity contribution in [1.29, 1.82) is 0 Å². The van der Waals surface area contributed by atoms with Gasteiger partial charge in [-0.1, -0.05) is 0 Å². The minimum absolute atomic E-state index is 0.223. The SMILES string of the molecule is COC(=O)c1cc(NCC(=O)O)cc(C)c1N. The third-order valence-corrected chi connectivity index (χ3v) is 2.24. The summed E-state index contributed by atoms with van der Waals surface area (Å²) in [6.07, 6.45) is 0. The van der Waals surface area contributed by atoms with E-state index in [0.717, 1.165) is 0 Å². The van der Waals surface area contributed by atoms with E-state index in [4.69, 9.17) is 10.8 Å². The van der Waals surface area contributed by atoms with Gasteiger partial charge in [-0.05, 0) is 24.6 Å². The van der Waals surface area contributed by atoms with E-state index >= 15 is 0 Å². The van der Waals surface area contributed by atoms with Crippen molar-refractivity contribution in [3.05, 3.63) is 23.3 Å². The number of nitrogens with one attached hydrogen (secondary N) is 1. The van der Waals surface area contributed by atoms with Crippen molar-refractivity contribution in [2.75, 3.05) is 24.7 Å². The van der Waals surface area contributed by atoms with E-state index in [1.807, 2.05) is 0 Å². The molecule has 0 aliphatic rings. The number of carbonyl (C=O) groups is 2. The summed E-state index contributed by atoms with van der Waals surface area (Å²) < 4.78 is 4.59. The molecule has 0 heterocycles. The first-order chi connectivity index (χ1) is 7.95. The molecule has 0 spiro atoms. The zero-order valence-electron chi connectivity index (χ0n) is 9.61.